The first kappa shape index (κ1) is 16.4. The van der Waals surface area contributed by atoms with Crippen molar-refractivity contribution < 1.29 is 4.74 Å². The molecule has 0 saturated heterocycles. The minimum Gasteiger partial charge on any atom is -0.383 e. The number of nitrogens with one attached hydrogen (secondary N) is 1. The van der Waals surface area contributed by atoms with Crippen molar-refractivity contribution in [2.24, 2.45) is 0 Å². The van der Waals surface area contributed by atoms with E-state index in [0.29, 0.717) is 0 Å². The van der Waals surface area contributed by atoms with Gasteiger partial charge in [0.1, 0.15) is 0 Å². The maximum atomic E-state index is 5.00. The molecule has 0 spiro atoms. The van der Waals surface area contributed by atoms with Gasteiger partial charge in [-0.2, -0.15) is 0 Å². The van der Waals surface area contributed by atoms with Crippen LogP contribution in [0, 0.1) is 0 Å². The monoisotopic (exact) mass is 286 g/mol. The summed E-state index contributed by atoms with van der Waals surface area (Å²) in [5.74, 6) is 0. The summed E-state index contributed by atoms with van der Waals surface area (Å²) in [5.41, 5.74) is 0. The van der Waals surface area contributed by atoms with Gasteiger partial charge >= 0.3 is 0 Å². The number of ether oxygens (including phenoxy) is 1. The molecular weight excluding hydrogens is 260 g/mol. The Bertz CT molecular complexity index is 343. The molecule has 0 saturated carbocycles. The number of thiazole rings is 1. The largest absolute Gasteiger partial charge is 0.383 e. The maximum absolute atomic E-state index is 5.00. The van der Waals surface area contributed by atoms with Crippen molar-refractivity contribution in [1.29, 1.82) is 0 Å². The van der Waals surface area contributed by atoms with E-state index in [-0.39, 0.29) is 0 Å². The van der Waals surface area contributed by atoms with Crippen LogP contribution in [0.4, 0.5) is 5.13 Å². The van der Waals surface area contributed by atoms with Gasteiger partial charge < -0.3 is 19.9 Å². The van der Waals surface area contributed by atoms with Crippen molar-refractivity contribution in [3.05, 3.63) is 11.1 Å². The Labute approximate surface area is 120 Å². The zero-order valence-corrected chi connectivity index (χ0v) is 13.3. The molecule has 0 unspecified atom stereocenters. The highest BCUT2D eigenvalue weighted by Crippen LogP contribution is 2.21. The average molecular weight is 286 g/mol. The Morgan fingerprint density at radius 1 is 1.32 bits per heavy atom. The van der Waals surface area contributed by atoms with Gasteiger partial charge in [-0.15, -0.1) is 11.3 Å². The molecule has 1 heterocycles. The average Bonchev–Trinajstić information content (AvgIpc) is 2.83. The molecule has 0 amide bonds. The van der Waals surface area contributed by atoms with Gasteiger partial charge in [-0.3, -0.25) is 0 Å². The van der Waals surface area contributed by atoms with Gasteiger partial charge in [0.2, 0.25) is 0 Å². The summed E-state index contributed by atoms with van der Waals surface area (Å²) in [5, 5.41) is 4.43. The van der Waals surface area contributed by atoms with E-state index in [1.54, 1.807) is 18.4 Å². The molecule has 0 aliphatic carbocycles. The van der Waals surface area contributed by atoms with Crippen molar-refractivity contribution in [2.75, 3.05) is 59.4 Å². The van der Waals surface area contributed by atoms with Crippen LogP contribution in [-0.2, 0) is 11.3 Å². The standard InChI is InChI=1S/C13H26N4OS/c1-16(2)7-5-8-17(3)13-15-11-12(19-13)10-14-6-9-18-4/h11,14H,5-10H2,1-4H3. The summed E-state index contributed by atoms with van der Waals surface area (Å²) in [4.78, 5) is 10.2. The molecule has 0 atom stereocenters. The molecule has 1 rings (SSSR count). The van der Waals surface area contributed by atoms with E-state index in [1.165, 1.54) is 4.88 Å². The molecule has 0 fully saturated rings. The predicted octanol–water partition coefficient (Wildman–Crippen LogP) is 1.27. The summed E-state index contributed by atoms with van der Waals surface area (Å²) >= 11 is 1.76. The lowest BCUT2D eigenvalue weighted by Crippen LogP contribution is -2.23. The second kappa shape index (κ2) is 9.25. The minimum absolute atomic E-state index is 0.746. The lowest BCUT2D eigenvalue weighted by molar-refractivity contribution is 0.199. The lowest BCUT2D eigenvalue weighted by Gasteiger charge is -2.17. The fourth-order valence-electron chi connectivity index (χ4n) is 1.66. The normalized spacial score (nSPS) is 11.2. The molecule has 0 aliphatic rings. The van der Waals surface area contributed by atoms with Crippen LogP contribution in [0.5, 0.6) is 0 Å². The van der Waals surface area contributed by atoms with Crippen LogP contribution in [-0.4, -0.2) is 64.4 Å². The Kier molecular flexibility index (Phi) is 7.97. The van der Waals surface area contributed by atoms with E-state index in [9.17, 15) is 0 Å². The molecule has 110 valence electrons. The van der Waals surface area contributed by atoms with Gasteiger partial charge in [-0.25, -0.2) is 4.98 Å². The Morgan fingerprint density at radius 3 is 2.79 bits per heavy atom. The molecular formula is C13H26N4OS. The topological polar surface area (TPSA) is 40.6 Å². The minimum atomic E-state index is 0.746. The third kappa shape index (κ3) is 6.87. The van der Waals surface area contributed by atoms with Gasteiger partial charge in [0.15, 0.2) is 5.13 Å². The predicted molar refractivity (Wildman–Crippen MR) is 82.1 cm³/mol. The van der Waals surface area contributed by atoms with E-state index in [0.717, 1.165) is 44.3 Å². The van der Waals surface area contributed by atoms with Gasteiger partial charge in [0, 0.05) is 44.9 Å². The Balaban J connectivity index is 2.28. The quantitative estimate of drug-likeness (QED) is 0.656. The number of nitrogens with zero attached hydrogens (tertiary/aromatic N) is 3. The molecule has 5 nitrogen and oxygen atoms in total. The molecule has 0 aliphatic heterocycles. The fourth-order valence-corrected chi connectivity index (χ4v) is 2.53. The number of hydrogen-bond donors (Lipinski definition) is 1. The van der Waals surface area contributed by atoms with E-state index >= 15 is 0 Å². The summed E-state index contributed by atoms with van der Waals surface area (Å²) in [7, 11) is 8.03. The zero-order valence-electron chi connectivity index (χ0n) is 12.5. The number of rotatable bonds is 10. The molecule has 6 heteroatoms. The second-order valence-electron chi connectivity index (χ2n) is 4.86. The lowest BCUT2D eigenvalue weighted by atomic mass is 10.4. The van der Waals surface area contributed by atoms with Crippen LogP contribution in [0.15, 0.2) is 6.20 Å². The first-order valence-electron chi connectivity index (χ1n) is 6.63. The molecule has 19 heavy (non-hydrogen) atoms. The summed E-state index contributed by atoms with van der Waals surface area (Å²) in [6.07, 6.45) is 3.12. The van der Waals surface area contributed by atoms with E-state index in [1.807, 2.05) is 6.20 Å². The Morgan fingerprint density at radius 2 is 2.11 bits per heavy atom. The number of methoxy groups -OCH3 is 1. The second-order valence-corrected chi connectivity index (χ2v) is 5.95. The molecule has 0 radical (unpaired) electrons. The third-order valence-electron chi connectivity index (χ3n) is 2.75. The van der Waals surface area contributed by atoms with Gasteiger partial charge in [0.25, 0.3) is 0 Å². The van der Waals surface area contributed by atoms with Crippen molar-refractivity contribution in [2.45, 2.75) is 13.0 Å². The number of hydrogen-bond acceptors (Lipinski definition) is 6. The SMILES string of the molecule is COCCNCc1cnc(N(C)CCCN(C)C)s1. The van der Waals surface area contributed by atoms with Gasteiger partial charge in [0.05, 0.1) is 6.61 Å². The highest BCUT2D eigenvalue weighted by Gasteiger charge is 2.06. The van der Waals surface area contributed by atoms with Crippen molar-refractivity contribution in [3.63, 3.8) is 0 Å². The van der Waals surface area contributed by atoms with E-state index < -0.39 is 0 Å². The number of aromatic nitrogens is 1. The summed E-state index contributed by atoms with van der Waals surface area (Å²) in [6, 6.07) is 0. The smallest absolute Gasteiger partial charge is 0.185 e. The number of anilines is 1. The highest BCUT2D eigenvalue weighted by atomic mass is 32.1. The maximum Gasteiger partial charge on any atom is 0.185 e. The van der Waals surface area contributed by atoms with Crippen LogP contribution >= 0.6 is 11.3 Å². The first-order valence-corrected chi connectivity index (χ1v) is 7.45. The van der Waals surface area contributed by atoms with Gasteiger partial charge in [-0.1, -0.05) is 0 Å². The molecule has 1 aromatic heterocycles. The molecule has 1 N–H and O–H groups in total. The van der Waals surface area contributed by atoms with Crippen LogP contribution in [0.3, 0.4) is 0 Å². The first-order chi connectivity index (χ1) is 9.13. The van der Waals surface area contributed by atoms with Crippen molar-refractivity contribution in [1.82, 2.24) is 15.2 Å². The van der Waals surface area contributed by atoms with Crippen LogP contribution < -0.4 is 10.2 Å². The van der Waals surface area contributed by atoms with Gasteiger partial charge in [-0.05, 0) is 27.1 Å². The highest BCUT2D eigenvalue weighted by molar-refractivity contribution is 7.15. The van der Waals surface area contributed by atoms with E-state index in [4.69, 9.17) is 4.74 Å². The zero-order chi connectivity index (χ0) is 14.1. The fraction of sp³-hybridized carbons (Fsp3) is 0.769. The van der Waals surface area contributed by atoms with Crippen molar-refractivity contribution in [3.8, 4) is 0 Å². The van der Waals surface area contributed by atoms with Crippen LogP contribution in [0.2, 0.25) is 0 Å². The Hall–Kier alpha value is -0.690. The van der Waals surface area contributed by atoms with Crippen LogP contribution in [0.1, 0.15) is 11.3 Å². The van der Waals surface area contributed by atoms with Crippen LogP contribution in [0.25, 0.3) is 0 Å². The molecule has 1 aromatic rings. The van der Waals surface area contributed by atoms with Crippen molar-refractivity contribution >= 4 is 16.5 Å². The third-order valence-corrected chi connectivity index (χ3v) is 3.86. The van der Waals surface area contributed by atoms with E-state index in [2.05, 4.69) is 41.2 Å². The summed E-state index contributed by atoms with van der Waals surface area (Å²) < 4.78 is 5.00. The summed E-state index contributed by atoms with van der Waals surface area (Å²) in [6.45, 7) is 4.65. The molecule has 0 bridgehead atoms. The molecule has 0 aromatic carbocycles.